The van der Waals surface area contributed by atoms with Crippen molar-refractivity contribution >= 4 is 23.5 Å². The molecule has 0 radical (unpaired) electrons. The predicted molar refractivity (Wildman–Crippen MR) is 69.6 cm³/mol. The topological polar surface area (TPSA) is 21.6 Å². The van der Waals surface area contributed by atoms with Crippen LogP contribution in [-0.4, -0.2) is 23.9 Å². The molecule has 6 heteroatoms. The van der Waals surface area contributed by atoms with E-state index in [4.69, 9.17) is 4.74 Å². The van der Waals surface area contributed by atoms with Crippen molar-refractivity contribution in [1.82, 2.24) is 0 Å². The number of ether oxygens (including phenoxy) is 1. The van der Waals surface area contributed by atoms with Crippen molar-refractivity contribution in [3.05, 3.63) is 34.2 Å². The Morgan fingerprint density at radius 2 is 2.16 bits per heavy atom. The molecule has 19 heavy (non-hydrogen) atoms. The van der Waals surface area contributed by atoms with Gasteiger partial charge >= 0.3 is 6.18 Å². The number of alkyl halides is 3. The van der Waals surface area contributed by atoms with Gasteiger partial charge in [0.15, 0.2) is 6.61 Å². The Balaban J connectivity index is 1.83. The molecule has 1 aliphatic carbocycles. The molecule has 0 saturated heterocycles. The van der Waals surface area contributed by atoms with Crippen LogP contribution in [0.25, 0.3) is 6.08 Å². The van der Waals surface area contributed by atoms with Crippen LogP contribution in [0.5, 0.6) is 5.75 Å². The first kappa shape index (κ1) is 12.6. The van der Waals surface area contributed by atoms with Crippen molar-refractivity contribution in [2.75, 3.05) is 6.61 Å². The zero-order valence-corrected chi connectivity index (χ0v) is 10.8. The Hall–Kier alpha value is -1.43. The van der Waals surface area contributed by atoms with Crippen molar-refractivity contribution in [2.45, 2.75) is 18.5 Å². The third-order valence-corrected chi connectivity index (χ3v) is 3.82. The number of thioether (sulfide) groups is 1. The molecule has 0 spiro atoms. The van der Waals surface area contributed by atoms with Gasteiger partial charge in [-0.3, -0.25) is 4.99 Å². The third kappa shape index (κ3) is 2.49. The van der Waals surface area contributed by atoms with Gasteiger partial charge in [0.2, 0.25) is 0 Å². The van der Waals surface area contributed by atoms with Gasteiger partial charge in [-0.25, -0.2) is 0 Å². The maximum Gasteiger partial charge on any atom is 0.422 e. The first-order valence-corrected chi connectivity index (χ1v) is 6.61. The molecule has 0 amide bonds. The Labute approximate surface area is 112 Å². The van der Waals surface area contributed by atoms with E-state index in [9.17, 15) is 13.2 Å². The summed E-state index contributed by atoms with van der Waals surface area (Å²) in [5.41, 5.74) is 2.77. The summed E-state index contributed by atoms with van der Waals surface area (Å²) in [5, 5.41) is 0.204. The van der Waals surface area contributed by atoms with E-state index in [0.29, 0.717) is 0 Å². The van der Waals surface area contributed by atoms with E-state index in [1.54, 1.807) is 30.0 Å². The van der Waals surface area contributed by atoms with Crippen molar-refractivity contribution in [3.8, 4) is 5.75 Å². The van der Waals surface area contributed by atoms with Crippen LogP contribution in [0.2, 0.25) is 0 Å². The van der Waals surface area contributed by atoms with Gasteiger partial charge in [-0.05, 0) is 36.8 Å². The molecule has 3 rings (SSSR count). The highest BCUT2D eigenvalue weighted by molar-refractivity contribution is 8.05. The average molecular weight is 285 g/mol. The highest BCUT2D eigenvalue weighted by atomic mass is 32.2. The first-order chi connectivity index (χ1) is 8.92. The Bertz CT molecular complexity index is 592. The van der Waals surface area contributed by atoms with Gasteiger partial charge < -0.3 is 4.74 Å². The van der Waals surface area contributed by atoms with Gasteiger partial charge in [0.1, 0.15) is 5.75 Å². The van der Waals surface area contributed by atoms with Crippen molar-refractivity contribution in [2.24, 2.45) is 4.99 Å². The quantitative estimate of drug-likeness (QED) is 0.823. The third-order valence-electron chi connectivity index (χ3n) is 2.81. The number of nitrogens with zero attached hydrogens (tertiary/aromatic N) is 1. The summed E-state index contributed by atoms with van der Waals surface area (Å²) in [7, 11) is 0. The van der Waals surface area contributed by atoms with Crippen LogP contribution >= 0.6 is 11.8 Å². The van der Waals surface area contributed by atoms with E-state index in [1.807, 2.05) is 13.0 Å². The minimum Gasteiger partial charge on any atom is -0.484 e. The molecular weight excluding hydrogens is 275 g/mol. The second-order valence-corrected chi connectivity index (χ2v) is 5.71. The summed E-state index contributed by atoms with van der Waals surface area (Å²) in [6.45, 7) is 0.742. The Kier molecular flexibility index (Phi) is 2.85. The number of aliphatic imine (C=N–C) groups is 1. The number of hydrogen-bond acceptors (Lipinski definition) is 3. The van der Waals surface area contributed by atoms with Crippen LogP contribution in [0, 0.1) is 0 Å². The molecule has 1 heterocycles. The molecule has 1 aliphatic heterocycles. The lowest BCUT2D eigenvalue weighted by atomic mass is 10.1. The Morgan fingerprint density at radius 3 is 2.89 bits per heavy atom. The molecule has 1 unspecified atom stereocenters. The Morgan fingerprint density at radius 1 is 1.37 bits per heavy atom. The molecule has 0 aromatic heterocycles. The molecule has 1 aromatic rings. The van der Waals surface area contributed by atoms with Gasteiger partial charge in [-0.2, -0.15) is 13.2 Å². The van der Waals surface area contributed by atoms with E-state index in [-0.39, 0.29) is 11.1 Å². The highest BCUT2D eigenvalue weighted by Gasteiger charge is 2.30. The van der Waals surface area contributed by atoms with E-state index in [2.05, 4.69) is 4.99 Å². The summed E-state index contributed by atoms with van der Waals surface area (Å²) in [6, 6.07) is 4.94. The fraction of sp³-hybridized carbons (Fsp3) is 0.308. The second-order valence-electron chi connectivity index (χ2n) is 4.36. The molecule has 2 aliphatic rings. The number of rotatable bonds is 2. The second kappa shape index (κ2) is 4.30. The molecule has 2 nitrogen and oxygen atoms in total. The summed E-state index contributed by atoms with van der Waals surface area (Å²) < 4.78 is 41.0. The number of allylic oxidation sites excluding steroid dienone is 1. The number of hydrogen-bond donors (Lipinski definition) is 0. The fourth-order valence-corrected chi connectivity index (χ4v) is 3.08. The summed E-state index contributed by atoms with van der Waals surface area (Å²) >= 11 is 1.65. The van der Waals surface area contributed by atoms with Crippen LogP contribution < -0.4 is 4.74 Å². The average Bonchev–Trinajstić information content (AvgIpc) is 2.80. The molecule has 1 atom stereocenters. The first-order valence-electron chi connectivity index (χ1n) is 5.73. The van der Waals surface area contributed by atoms with Crippen molar-refractivity contribution in [1.29, 1.82) is 0 Å². The molecule has 0 saturated carbocycles. The largest absolute Gasteiger partial charge is 0.484 e. The monoisotopic (exact) mass is 285 g/mol. The minimum atomic E-state index is -4.32. The van der Waals surface area contributed by atoms with Gasteiger partial charge in [0.25, 0.3) is 0 Å². The predicted octanol–water partition coefficient (Wildman–Crippen LogP) is 3.86. The molecule has 100 valence electrons. The fourth-order valence-electron chi connectivity index (χ4n) is 2.09. The maximum absolute atomic E-state index is 12.1. The smallest absolute Gasteiger partial charge is 0.422 e. The van der Waals surface area contributed by atoms with E-state index >= 15 is 0 Å². The minimum absolute atomic E-state index is 0.204. The normalized spacial score (nSPS) is 20.7. The van der Waals surface area contributed by atoms with E-state index in [1.165, 1.54) is 0 Å². The van der Waals surface area contributed by atoms with Crippen LogP contribution in [0.15, 0.2) is 28.1 Å². The summed E-state index contributed by atoms with van der Waals surface area (Å²) in [4.78, 5) is 5.58. The van der Waals surface area contributed by atoms with Gasteiger partial charge in [0, 0.05) is 10.5 Å². The number of halogens is 3. The summed E-state index contributed by atoms with van der Waals surface area (Å²) in [6.07, 6.45) is -2.37. The van der Waals surface area contributed by atoms with Crippen LogP contribution in [0.4, 0.5) is 13.2 Å². The molecule has 0 fully saturated rings. The standard InChI is InChI=1S/C13H10F3NOS/c1-7-17-12-10-3-2-9(18-6-13(14,15)16)4-8(10)5-11(12)19-7/h2-5,7H,6H2,1H3. The lowest BCUT2D eigenvalue weighted by Gasteiger charge is -2.10. The molecule has 1 aromatic carbocycles. The van der Waals surface area contributed by atoms with Gasteiger partial charge in [0.05, 0.1) is 11.1 Å². The van der Waals surface area contributed by atoms with Gasteiger partial charge in [-0.1, -0.05) is 11.8 Å². The van der Waals surface area contributed by atoms with Crippen LogP contribution in [0.3, 0.4) is 0 Å². The molecule has 0 bridgehead atoms. The highest BCUT2D eigenvalue weighted by Crippen LogP contribution is 2.41. The lowest BCUT2D eigenvalue weighted by Crippen LogP contribution is -2.19. The van der Waals surface area contributed by atoms with E-state index in [0.717, 1.165) is 21.7 Å². The molecule has 0 N–H and O–H groups in total. The molecular formula is C13H10F3NOS. The SMILES string of the molecule is CC1N=C2C(=Cc3cc(OCC(F)(F)F)ccc32)S1. The number of fused-ring (bicyclic) bond motifs is 3. The van der Waals surface area contributed by atoms with Crippen LogP contribution in [-0.2, 0) is 0 Å². The van der Waals surface area contributed by atoms with Crippen LogP contribution in [0.1, 0.15) is 18.1 Å². The number of benzene rings is 1. The summed E-state index contributed by atoms with van der Waals surface area (Å²) in [5.74, 6) is 0.228. The zero-order valence-electron chi connectivity index (χ0n) is 9.99. The maximum atomic E-state index is 12.1. The lowest BCUT2D eigenvalue weighted by molar-refractivity contribution is -0.153. The van der Waals surface area contributed by atoms with Crippen molar-refractivity contribution in [3.63, 3.8) is 0 Å². The van der Waals surface area contributed by atoms with Gasteiger partial charge in [-0.15, -0.1) is 0 Å². The van der Waals surface area contributed by atoms with Crippen molar-refractivity contribution < 1.29 is 17.9 Å². The zero-order chi connectivity index (χ0) is 13.6. The van der Waals surface area contributed by atoms with E-state index < -0.39 is 12.8 Å².